The van der Waals surface area contributed by atoms with Crippen molar-refractivity contribution in [1.29, 1.82) is 0 Å². The van der Waals surface area contributed by atoms with Crippen LogP contribution in [0.4, 0.5) is 10.1 Å². The Bertz CT molecular complexity index is 894. The smallest absolute Gasteiger partial charge is 0.262 e. The number of imide groups is 1. The first-order valence-corrected chi connectivity index (χ1v) is 9.31. The van der Waals surface area contributed by atoms with Gasteiger partial charge in [0, 0.05) is 4.47 Å². The number of nitrogens with zero attached hydrogens (tertiary/aromatic N) is 1. The number of benzene rings is 2. The van der Waals surface area contributed by atoms with Gasteiger partial charge < -0.3 is 5.32 Å². The Morgan fingerprint density at radius 3 is 2.22 bits per heavy atom. The molecule has 0 aromatic heterocycles. The predicted molar refractivity (Wildman–Crippen MR) is 103 cm³/mol. The Morgan fingerprint density at radius 2 is 1.70 bits per heavy atom. The lowest BCUT2D eigenvalue weighted by molar-refractivity contribution is -0.120. The Kier molecular flexibility index (Phi) is 5.41. The van der Waals surface area contributed by atoms with E-state index in [-0.39, 0.29) is 29.2 Å². The van der Waals surface area contributed by atoms with E-state index >= 15 is 0 Å². The lowest BCUT2D eigenvalue weighted by Crippen LogP contribution is -2.48. The second kappa shape index (κ2) is 7.60. The third-order valence-electron chi connectivity index (χ3n) is 4.32. The maximum atomic E-state index is 14.1. The number of nitrogens with one attached hydrogen (secondary N) is 1. The van der Waals surface area contributed by atoms with E-state index in [1.165, 1.54) is 12.1 Å². The molecule has 0 saturated carbocycles. The summed E-state index contributed by atoms with van der Waals surface area (Å²) in [6.07, 6.45) is 0.273. The molecule has 140 valence electrons. The second-order valence-corrected chi connectivity index (χ2v) is 7.70. The van der Waals surface area contributed by atoms with E-state index < -0.39 is 29.6 Å². The van der Waals surface area contributed by atoms with Crippen molar-refractivity contribution in [2.45, 2.75) is 26.3 Å². The van der Waals surface area contributed by atoms with Gasteiger partial charge in [0.05, 0.1) is 16.8 Å². The predicted octanol–water partition coefficient (Wildman–Crippen LogP) is 4.24. The highest BCUT2D eigenvalue weighted by atomic mass is 79.9. The number of rotatable bonds is 5. The van der Waals surface area contributed by atoms with Crippen molar-refractivity contribution in [3.05, 3.63) is 63.9 Å². The van der Waals surface area contributed by atoms with Crippen molar-refractivity contribution in [2.75, 3.05) is 5.32 Å². The molecule has 1 unspecified atom stereocenters. The molecule has 1 aliphatic heterocycles. The molecule has 1 atom stereocenters. The number of anilines is 1. The van der Waals surface area contributed by atoms with Gasteiger partial charge in [0.15, 0.2) is 0 Å². The molecule has 27 heavy (non-hydrogen) atoms. The van der Waals surface area contributed by atoms with Gasteiger partial charge in [-0.2, -0.15) is 0 Å². The van der Waals surface area contributed by atoms with Crippen LogP contribution in [0.1, 0.15) is 41.0 Å². The summed E-state index contributed by atoms with van der Waals surface area (Å²) in [6, 6.07) is 9.69. The summed E-state index contributed by atoms with van der Waals surface area (Å²) in [7, 11) is 0. The average molecular weight is 433 g/mol. The summed E-state index contributed by atoms with van der Waals surface area (Å²) in [6.45, 7) is 3.78. The summed E-state index contributed by atoms with van der Waals surface area (Å²) >= 11 is 3.16. The number of amides is 3. The number of halogens is 2. The van der Waals surface area contributed by atoms with Crippen LogP contribution in [-0.2, 0) is 4.79 Å². The fraction of sp³-hybridized carbons (Fsp3) is 0.250. The van der Waals surface area contributed by atoms with Gasteiger partial charge in [-0.05, 0) is 42.7 Å². The Morgan fingerprint density at radius 1 is 1.11 bits per heavy atom. The van der Waals surface area contributed by atoms with Crippen molar-refractivity contribution < 1.29 is 18.8 Å². The average Bonchev–Trinajstić information content (AvgIpc) is 2.86. The van der Waals surface area contributed by atoms with Gasteiger partial charge in [-0.1, -0.05) is 41.9 Å². The highest BCUT2D eigenvalue weighted by molar-refractivity contribution is 9.10. The molecule has 7 heteroatoms. The second-order valence-electron chi connectivity index (χ2n) is 6.78. The molecule has 0 saturated heterocycles. The van der Waals surface area contributed by atoms with E-state index in [4.69, 9.17) is 0 Å². The summed E-state index contributed by atoms with van der Waals surface area (Å²) in [5.74, 6) is -2.18. The van der Waals surface area contributed by atoms with Gasteiger partial charge in [0.25, 0.3) is 11.8 Å². The molecule has 0 aliphatic carbocycles. The molecule has 5 nitrogen and oxygen atoms in total. The summed E-state index contributed by atoms with van der Waals surface area (Å²) in [5, 5.41) is 2.51. The van der Waals surface area contributed by atoms with Crippen LogP contribution in [0.25, 0.3) is 0 Å². The van der Waals surface area contributed by atoms with E-state index in [9.17, 15) is 18.8 Å². The lowest BCUT2D eigenvalue weighted by atomic mass is 10.0. The van der Waals surface area contributed by atoms with E-state index in [0.717, 1.165) is 4.90 Å². The monoisotopic (exact) mass is 432 g/mol. The highest BCUT2D eigenvalue weighted by Gasteiger charge is 2.42. The standard InChI is InChI=1S/C20H18BrFN2O3/c1-11(2)9-17(18(25)23-16-8-7-12(21)10-15(16)22)24-19(26)13-5-3-4-6-14(13)20(24)27/h3-8,10-11,17H,9H2,1-2H3,(H,23,25). The molecule has 1 aliphatic rings. The Balaban J connectivity index is 1.91. The van der Waals surface area contributed by atoms with Crippen LogP contribution in [0.2, 0.25) is 0 Å². The van der Waals surface area contributed by atoms with Gasteiger partial charge in [0.2, 0.25) is 5.91 Å². The molecular weight excluding hydrogens is 415 g/mol. The van der Waals surface area contributed by atoms with Crippen molar-refractivity contribution in [1.82, 2.24) is 4.90 Å². The van der Waals surface area contributed by atoms with Gasteiger partial charge in [-0.25, -0.2) is 4.39 Å². The fourth-order valence-electron chi connectivity index (χ4n) is 3.07. The van der Waals surface area contributed by atoms with E-state index in [1.807, 2.05) is 13.8 Å². The van der Waals surface area contributed by atoms with Crippen LogP contribution in [0, 0.1) is 11.7 Å². The molecule has 1 heterocycles. The minimum Gasteiger partial charge on any atom is -0.322 e. The quantitative estimate of drug-likeness (QED) is 0.718. The van der Waals surface area contributed by atoms with Crippen LogP contribution >= 0.6 is 15.9 Å². The van der Waals surface area contributed by atoms with Crippen molar-refractivity contribution in [3.63, 3.8) is 0 Å². The van der Waals surface area contributed by atoms with Gasteiger partial charge in [-0.3, -0.25) is 19.3 Å². The molecule has 2 aromatic rings. The first-order valence-electron chi connectivity index (χ1n) is 8.52. The Hall–Kier alpha value is -2.54. The van der Waals surface area contributed by atoms with Gasteiger partial charge in [-0.15, -0.1) is 0 Å². The SMILES string of the molecule is CC(C)CC(C(=O)Nc1ccc(Br)cc1F)N1C(=O)c2ccccc2C1=O. The molecule has 1 N–H and O–H groups in total. The summed E-state index contributed by atoms with van der Waals surface area (Å²) in [4.78, 5) is 39.3. The van der Waals surface area contributed by atoms with Gasteiger partial charge >= 0.3 is 0 Å². The fourth-order valence-corrected chi connectivity index (χ4v) is 3.41. The van der Waals surface area contributed by atoms with Crippen molar-refractivity contribution in [3.8, 4) is 0 Å². The van der Waals surface area contributed by atoms with E-state index in [0.29, 0.717) is 4.47 Å². The number of carbonyl (C=O) groups is 3. The van der Waals surface area contributed by atoms with Gasteiger partial charge in [0.1, 0.15) is 11.9 Å². The third kappa shape index (κ3) is 3.78. The molecule has 0 radical (unpaired) electrons. The number of fused-ring (bicyclic) bond motifs is 1. The van der Waals surface area contributed by atoms with E-state index in [2.05, 4.69) is 21.2 Å². The first-order chi connectivity index (χ1) is 12.8. The zero-order valence-corrected chi connectivity index (χ0v) is 16.4. The molecular formula is C20H18BrFN2O3. The summed E-state index contributed by atoms with van der Waals surface area (Å²) in [5.41, 5.74) is 0.548. The molecule has 2 aromatic carbocycles. The maximum absolute atomic E-state index is 14.1. The number of hydrogen-bond acceptors (Lipinski definition) is 3. The zero-order chi connectivity index (χ0) is 19.7. The first kappa shape index (κ1) is 19.2. The third-order valence-corrected chi connectivity index (χ3v) is 4.82. The maximum Gasteiger partial charge on any atom is 0.262 e. The molecule has 0 spiro atoms. The Labute approximate surface area is 164 Å². The van der Waals surface area contributed by atoms with Crippen molar-refractivity contribution >= 4 is 39.3 Å². The minimum absolute atomic E-state index is 0.00596. The van der Waals surface area contributed by atoms with Crippen LogP contribution in [0.3, 0.4) is 0 Å². The number of hydrogen-bond donors (Lipinski definition) is 1. The van der Waals surface area contributed by atoms with E-state index in [1.54, 1.807) is 30.3 Å². The minimum atomic E-state index is -1.03. The molecule has 3 amide bonds. The largest absolute Gasteiger partial charge is 0.322 e. The summed E-state index contributed by atoms with van der Waals surface area (Å²) < 4.78 is 14.6. The molecule has 0 bridgehead atoms. The topological polar surface area (TPSA) is 66.5 Å². The van der Waals surface area contributed by atoms with Crippen LogP contribution in [0.15, 0.2) is 46.9 Å². The number of carbonyl (C=O) groups excluding carboxylic acids is 3. The highest BCUT2D eigenvalue weighted by Crippen LogP contribution is 2.28. The van der Waals surface area contributed by atoms with Crippen LogP contribution in [0.5, 0.6) is 0 Å². The zero-order valence-electron chi connectivity index (χ0n) is 14.8. The molecule has 3 rings (SSSR count). The lowest BCUT2D eigenvalue weighted by Gasteiger charge is -2.26. The molecule has 0 fully saturated rings. The van der Waals surface area contributed by atoms with Crippen LogP contribution in [-0.4, -0.2) is 28.7 Å². The van der Waals surface area contributed by atoms with Crippen LogP contribution < -0.4 is 5.32 Å². The van der Waals surface area contributed by atoms with Crippen molar-refractivity contribution in [2.24, 2.45) is 5.92 Å². The normalized spacial score (nSPS) is 14.5.